The maximum Gasteiger partial charge on any atom is 0.142 e. The summed E-state index contributed by atoms with van der Waals surface area (Å²) in [4.78, 5) is 11.4. The Kier molecular flexibility index (Phi) is 5.68. The minimum Gasteiger partial charge on any atom is -0.545 e. The predicted octanol–water partition coefficient (Wildman–Crippen LogP) is 1.92. The monoisotopic (exact) mass is 328 g/mol. The van der Waals surface area contributed by atoms with Crippen molar-refractivity contribution in [3.63, 3.8) is 0 Å². The van der Waals surface area contributed by atoms with Gasteiger partial charge in [0.1, 0.15) is 17.2 Å². The maximum atomic E-state index is 11.4. The summed E-state index contributed by atoms with van der Waals surface area (Å²) >= 11 is 0. The van der Waals surface area contributed by atoms with E-state index in [0.717, 1.165) is 0 Å². The van der Waals surface area contributed by atoms with Gasteiger partial charge in [-0.2, -0.15) is 0 Å². The molecule has 0 amide bonds. The number of anilines is 1. The molecule has 0 atom stereocenters. The second kappa shape index (κ2) is 7.92. The van der Waals surface area contributed by atoms with Crippen LogP contribution in [0.25, 0.3) is 5.57 Å². The molecule has 24 heavy (non-hydrogen) atoms. The number of carboxylic acids is 1. The average Bonchev–Trinajstić information content (AvgIpc) is 2.62. The zero-order valence-corrected chi connectivity index (χ0v) is 13.7. The number of methoxy groups -OCH3 is 3. The normalized spacial score (nSPS) is 10.9. The molecule has 2 aromatic rings. The molecule has 0 bridgehead atoms. The molecule has 0 saturated carbocycles. The highest BCUT2D eigenvalue weighted by Gasteiger charge is 2.07. The molecule has 0 radical (unpaired) electrons. The number of carboxylic acid groups (broad SMARTS) is 1. The Hall–Kier alpha value is -3.15. The summed E-state index contributed by atoms with van der Waals surface area (Å²) in [7, 11) is 4.62. The molecule has 0 spiro atoms. The largest absolute Gasteiger partial charge is 0.545 e. The minimum atomic E-state index is -1.30. The molecule has 6 nitrogen and oxygen atoms in total. The molecule has 0 unspecified atom stereocenters. The third-order valence-corrected chi connectivity index (χ3v) is 3.40. The lowest BCUT2D eigenvalue weighted by Crippen LogP contribution is -2.24. The fourth-order valence-corrected chi connectivity index (χ4v) is 2.11. The van der Waals surface area contributed by atoms with Crippen LogP contribution in [0.5, 0.6) is 17.2 Å². The van der Waals surface area contributed by atoms with Gasteiger partial charge in [-0.3, -0.25) is 0 Å². The molecule has 0 aliphatic heterocycles. The van der Waals surface area contributed by atoms with Gasteiger partial charge in [-0.1, -0.05) is 12.1 Å². The minimum absolute atomic E-state index is 0.00234. The van der Waals surface area contributed by atoms with E-state index < -0.39 is 5.97 Å². The molecule has 2 aromatic carbocycles. The first-order valence-electron chi connectivity index (χ1n) is 7.13. The van der Waals surface area contributed by atoms with Crippen LogP contribution in [0, 0.1) is 0 Å². The second-order valence-electron chi connectivity index (χ2n) is 4.78. The number of nitrogens with one attached hydrogen (secondary N) is 1. The van der Waals surface area contributed by atoms with Crippen LogP contribution in [-0.4, -0.2) is 27.3 Å². The van der Waals surface area contributed by atoms with Gasteiger partial charge >= 0.3 is 0 Å². The number of aliphatic carboxylic acids is 1. The van der Waals surface area contributed by atoms with Gasteiger partial charge < -0.3 is 29.4 Å². The summed E-state index contributed by atoms with van der Waals surface area (Å²) < 4.78 is 15.5. The Morgan fingerprint density at radius 2 is 1.58 bits per heavy atom. The van der Waals surface area contributed by atoms with Crippen molar-refractivity contribution in [2.24, 2.45) is 0 Å². The van der Waals surface area contributed by atoms with Crippen molar-refractivity contribution >= 4 is 17.2 Å². The van der Waals surface area contributed by atoms with E-state index in [1.54, 1.807) is 56.7 Å². The van der Waals surface area contributed by atoms with Gasteiger partial charge in [0.2, 0.25) is 0 Å². The van der Waals surface area contributed by atoms with E-state index in [9.17, 15) is 9.90 Å². The van der Waals surface area contributed by atoms with Crippen molar-refractivity contribution < 1.29 is 24.1 Å². The molecule has 0 saturated heterocycles. The summed E-state index contributed by atoms with van der Waals surface area (Å²) in [6, 6.07) is 11.8. The van der Waals surface area contributed by atoms with Gasteiger partial charge in [-0.25, -0.2) is 0 Å². The van der Waals surface area contributed by atoms with Crippen molar-refractivity contribution in [1.29, 1.82) is 0 Å². The lowest BCUT2D eigenvalue weighted by Gasteiger charge is -2.13. The molecule has 0 aliphatic rings. The summed E-state index contributed by atoms with van der Waals surface area (Å²) in [6.45, 7) is 0. The van der Waals surface area contributed by atoms with Gasteiger partial charge in [0, 0.05) is 17.8 Å². The molecule has 0 fully saturated rings. The molecule has 0 aliphatic carbocycles. The standard InChI is InChI=1S/C18H19NO5/c1-22-13-6-4-12(5-7-13)15(18(20)21)11-19-16-10-14(23-2)8-9-17(16)24-3/h4-11,19H,1-3H3,(H,20,21)/p-1/b15-11-. The average molecular weight is 328 g/mol. The van der Waals surface area contributed by atoms with E-state index in [-0.39, 0.29) is 5.57 Å². The number of rotatable bonds is 7. The van der Waals surface area contributed by atoms with Crippen molar-refractivity contribution in [2.45, 2.75) is 0 Å². The van der Waals surface area contributed by atoms with Crippen molar-refractivity contribution in [3.8, 4) is 17.2 Å². The van der Waals surface area contributed by atoms with Gasteiger partial charge in [0.25, 0.3) is 0 Å². The Balaban J connectivity index is 2.33. The highest BCUT2D eigenvalue weighted by Crippen LogP contribution is 2.29. The van der Waals surface area contributed by atoms with Crippen molar-refractivity contribution in [3.05, 3.63) is 54.2 Å². The molecule has 126 valence electrons. The van der Waals surface area contributed by atoms with Crippen LogP contribution < -0.4 is 24.6 Å². The van der Waals surface area contributed by atoms with Crippen LogP contribution in [0.2, 0.25) is 0 Å². The fourth-order valence-electron chi connectivity index (χ4n) is 2.11. The second-order valence-corrected chi connectivity index (χ2v) is 4.78. The highest BCUT2D eigenvalue weighted by atomic mass is 16.5. The molecule has 2 rings (SSSR count). The zero-order chi connectivity index (χ0) is 17.5. The Bertz CT molecular complexity index is 738. The van der Waals surface area contributed by atoms with Crippen LogP contribution >= 0.6 is 0 Å². The molecule has 0 heterocycles. The lowest BCUT2D eigenvalue weighted by molar-refractivity contribution is -0.295. The topological polar surface area (TPSA) is 79.8 Å². The SMILES string of the molecule is COc1ccc(/C(=C/Nc2cc(OC)ccc2OC)C(=O)[O-])cc1. The number of carbonyl (C=O) groups excluding carboxylic acids is 1. The number of hydrogen-bond acceptors (Lipinski definition) is 6. The number of ether oxygens (including phenoxy) is 3. The third-order valence-electron chi connectivity index (χ3n) is 3.40. The fraction of sp³-hybridized carbons (Fsp3) is 0.167. The van der Waals surface area contributed by atoms with Gasteiger partial charge in [-0.15, -0.1) is 0 Å². The first kappa shape index (κ1) is 17.2. The lowest BCUT2D eigenvalue weighted by atomic mass is 10.1. The van der Waals surface area contributed by atoms with Gasteiger partial charge in [-0.05, 0) is 29.8 Å². The first-order chi connectivity index (χ1) is 11.6. The van der Waals surface area contributed by atoms with Crippen LogP contribution in [0.3, 0.4) is 0 Å². The van der Waals surface area contributed by atoms with E-state index >= 15 is 0 Å². The maximum absolute atomic E-state index is 11.4. The quantitative estimate of drug-likeness (QED) is 0.782. The Morgan fingerprint density at radius 3 is 2.12 bits per heavy atom. The van der Waals surface area contributed by atoms with Crippen LogP contribution in [0.15, 0.2) is 48.7 Å². The Morgan fingerprint density at radius 1 is 0.958 bits per heavy atom. The van der Waals surface area contributed by atoms with E-state index in [0.29, 0.717) is 28.5 Å². The van der Waals surface area contributed by atoms with Crippen LogP contribution in [-0.2, 0) is 4.79 Å². The number of benzene rings is 2. The molecular weight excluding hydrogens is 310 g/mol. The third kappa shape index (κ3) is 3.98. The summed E-state index contributed by atoms with van der Waals surface area (Å²) in [5.74, 6) is 0.513. The van der Waals surface area contributed by atoms with E-state index in [1.807, 2.05) is 0 Å². The summed E-state index contributed by atoms with van der Waals surface area (Å²) in [6.07, 6.45) is 1.36. The molecular formula is C18H18NO5-. The van der Waals surface area contributed by atoms with E-state index in [1.165, 1.54) is 13.3 Å². The molecule has 1 N–H and O–H groups in total. The first-order valence-corrected chi connectivity index (χ1v) is 7.13. The smallest absolute Gasteiger partial charge is 0.142 e. The van der Waals surface area contributed by atoms with E-state index in [4.69, 9.17) is 14.2 Å². The van der Waals surface area contributed by atoms with Crippen molar-refractivity contribution in [2.75, 3.05) is 26.6 Å². The number of carbonyl (C=O) groups is 1. The number of hydrogen-bond donors (Lipinski definition) is 1. The summed E-state index contributed by atoms with van der Waals surface area (Å²) in [5, 5.41) is 14.4. The van der Waals surface area contributed by atoms with Crippen LogP contribution in [0.1, 0.15) is 5.56 Å². The predicted molar refractivity (Wildman–Crippen MR) is 89.1 cm³/mol. The molecule has 0 aromatic heterocycles. The van der Waals surface area contributed by atoms with E-state index in [2.05, 4.69) is 5.32 Å². The summed E-state index contributed by atoms with van der Waals surface area (Å²) in [5.41, 5.74) is 1.07. The Labute approximate surface area is 140 Å². The highest BCUT2D eigenvalue weighted by molar-refractivity contribution is 6.14. The van der Waals surface area contributed by atoms with Crippen molar-refractivity contribution in [1.82, 2.24) is 0 Å². The zero-order valence-electron chi connectivity index (χ0n) is 13.7. The van der Waals surface area contributed by atoms with Gasteiger partial charge in [0.05, 0.1) is 33.0 Å². The molecule has 6 heteroatoms. The van der Waals surface area contributed by atoms with Gasteiger partial charge in [0.15, 0.2) is 0 Å². The van der Waals surface area contributed by atoms with Crippen LogP contribution in [0.4, 0.5) is 5.69 Å².